The first-order valence-corrected chi connectivity index (χ1v) is 6.10. The Morgan fingerprint density at radius 3 is 2.82 bits per heavy atom. The second-order valence-electron chi connectivity index (χ2n) is 4.89. The van der Waals surface area contributed by atoms with Gasteiger partial charge in [-0.15, -0.1) is 0 Å². The highest BCUT2D eigenvalue weighted by Crippen LogP contribution is 2.44. The van der Waals surface area contributed by atoms with Crippen LogP contribution in [0.1, 0.15) is 12.8 Å². The van der Waals surface area contributed by atoms with Gasteiger partial charge in [0.15, 0.2) is 5.82 Å². The fraction of sp³-hybridized carbons (Fsp3) is 0.636. The number of anilines is 1. The lowest BCUT2D eigenvalue weighted by Gasteiger charge is -2.49. The normalized spacial score (nSPS) is 22.2. The zero-order valence-corrected chi connectivity index (χ0v) is 10.4. The zero-order valence-electron chi connectivity index (χ0n) is 9.69. The van der Waals surface area contributed by atoms with Gasteiger partial charge in [0.25, 0.3) is 0 Å². The van der Waals surface area contributed by atoms with Crippen LogP contribution in [0.25, 0.3) is 0 Å². The van der Waals surface area contributed by atoms with Gasteiger partial charge in [0.1, 0.15) is 5.02 Å². The van der Waals surface area contributed by atoms with Crippen LogP contribution in [0.15, 0.2) is 6.20 Å². The monoisotopic (exact) mass is 254 g/mol. The van der Waals surface area contributed by atoms with E-state index in [0.717, 1.165) is 18.9 Å². The summed E-state index contributed by atoms with van der Waals surface area (Å²) in [5.74, 6) is 1.40. The Morgan fingerprint density at radius 2 is 2.24 bits per heavy atom. The van der Waals surface area contributed by atoms with Gasteiger partial charge in [0.2, 0.25) is 0 Å². The molecule has 2 fully saturated rings. The van der Waals surface area contributed by atoms with E-state index in [0.29, 0.717) is 17.0 Å². The Morgan fingerprint density at radius 1 is 1.53 bits per heavy atom. The minimum atomic E-state index is -0.0402. The largest absolute Gasteiger partial charge is 0.467 e. The summed E-state index contributed by atoms with van der Waals surface area (Å²) in [5, 5.41) is 0.545. The van der Waals surface area contributed by atoms with Gasteiger partial charge in [-0.2, -0.15) is 4.98 Å². The smallest absolute Gasteiger partial charge is 0.318 e. The van der Waals surface area contributed by atoms with E-state index in [-0.39, 0.29) is 5.54 Å². The fourth-order valence-corrected chi connectivity index (χ4v) is 2.60. The van der Waals surface area contributed by atoms with E-state index in [4.69, 9.17) is 22.1 Å². The minimum Gasteiger partial charge on any atom is -0.467 e. The van der Waals surface area contributed by atoms with Crippen LogP contribution in [0, 0.1) is 5.92 Å². The molecule has 92 valence electrons. The molecule has 17 heavy (non-hydrogen) atoms. The molecule has 2 heterocycles. The Bertz CT molecular complexity index is 443. The molecule has 5 nitrogen and oxygen atoms in total. The molecule has 6 heteroatoms. The van der Waals surface area contributed by atoms with Crippen LogP contribution in [0.2, 0.25) is 5.02 Å². The topological polar surface area (TPSA) is 64.3 Å². The molecular weight excluding hydrogens is 240 g/mol. The van der Waals surface area contributed by atoms with Crippen LogP contribution < -0.4 is 15.4 Å². The minimum absolute atomic E-state index is 0.0402. The summed E-state index contributed by atoms with van der Waals surface area (Å²) in [6, 6.07) is 0.338. The van der Waals surface area contributed by atoms with Crippen molar-refractivity contribution in [2.75, 3.05) is 25.1 Å². The Hall–Kier alpha value is -1.07. The standard InChI is InChI=1S/C11H15ClN4O/c1-17-10-14-4-8(12)9(15-10)16-5-11(13,6-16)7-2-3-7/h4,7H,2-3,5-6,13H2,1H3. The zero-order chi connectivity index (χ0) is 12.0. The first-order valence-electron chi connectivity index (χ1n) is 5.73. The second-order valence-corrected chi connectivity index (χ2v) is 5.30. The predicted molar refractivity (Wildman–Crippen MR) is 65.4 cm³/mol. The molecule has 1 saturated heterocycles. The fourth-order valence-electron chi connectivity index (χ4n) is 2.39. The summed E-state index contributed by atoms with van der Waals surface area (Å²) < 4.78 is 5.00. The maximum Gasteiger partial charge on any atom is 0.318 e. The van der Waals surface area contributed by atoms with Crippen molar-refractivity contribution in [3.63, 3.8) is 0 Å². The number of hydrogen-bond donors (Lipinski definition) is 1. The van der Waals surface area contributed by atoms with E-state index in [9.17, 15) is 0 Å². The summed E-state index contributed by atoms with van der Waals surface area (Å²) in [7, 11) is 1.54. The van der Waals surface area contributed by atoms with Crippen LogP contribution in [0.4, 0.5) is 5.82 Å². The summed E-state index contributed by atoms with van der Waals surface area (Å²) in [6.45, 7) is 1.63. The van der Waals surface area contributed by atoms with Crippen molar-refractivity contribution in [1.29, 1.82) is 0 Å². The van der Waals surface area contributed by atoms with Gasteiger partial charge in [-0.3, -0.25) is 0 Å². The molecule has 1 aliphatic heterocycles. The third kappa shape index (κ3) is 1.83. The third-order valence-corrected chi connectivity index (χ3v) is 3.81. The van der Waals surface area contributed by atoms with Gasteiger partial charge in [0.05, 0.1) is 18.8 Å². The predicted octanol–water partition coefficient (Wildman–Crippen LogP) is 1.07. The number of hydrogen-bond acceptors (Lipinski definition) is 5. The summed E-state index contributed by atoms with van der Waals surface area (Å²) in [5.41, 5.74) is 6.26. The summed E-state index contributed by atoms with van der Waals surface area (Å²) in [6.07, 6.45) is 4.08. The molecule has 0 spiro atoms. The number of methoxy groups -OCH3 is 1. The lowest BCUT2D eigenvalue weighted by molar-refractivity contribution is 0.287. The quantitative estimate of drug-likeness (QED) is 0.874. The molecule has 0 bridgehead atoms. The van der Waals surface area contributed by atoms with Crippen molar-refractivity contribution in [3.05, 3.63) is 11.2 Å². The maximum absolute atomic E-state index is 6.30. The van der Waals surface area contributed by atoms with Crippen molar-refractivity contribution in [2.24, 2.45) is 11.7 Å². The van der Waals surface area contributed by atoms with Gasteiger partial charge >= 0.3 is 6.01 Å². The molecule has 1 saturated carbocycles. The summed E-state index contributed by atoms with van der Waals surface area (Å²) >= 11 is 6.09. The van der Waals surface area contributed by atoms with E-state index in [1.807, 2.05) is 0 Å². The number of halogens is 1. The molecule has 1 aromatic rings. The molecule has 0 radical (unpaired) electrons. The number of aromatic nitrogens is 2. The molecule has 2 N–H and O–H groups in total. The third-order valence-electron chi connectivity index (χ3n) is 3.55. The highest BCUT2D eigenvalue weighted by Gasteiger charge is 2.51. The van der Waals surface area contributed by atoms with Gasteiger partial charge in [-0.1, -0.05) is 11.6 Å². The first-order chi connectivity index (χ1) is 8.12. The van der Waals surface area contributed by atoms with Gasteiger partial charge < -0.3 is 15.4 Å². The Labute approximate surface area is 105 Å². The van der Waals surface area contributed by atoms with Gasteiger partial charge in [-0.05, 0) is 18.8 Å². The van der Waals surface area contributed by atoms with E-state index in [1.54, 1.807) is 13.3 Å². The number of nitrogens with zero attached hydrogens (tertiary/aromatic N) is 3. The van der Waals surface area contributed by atoms with Gasteiger partial charge in [-0.25, -0.2) is 4.98 Å². The van der Waals surface area contributed by atoms with Crippen molar-refractivity contribution < 1.29 is 4.74 Å². The summed E-state index contributed by atoms with van der Waals surface area (Å²) in [4.78, 5) is 10.3. The molecule has 1 aliphatic carbocycles. The number of rotatable bonds is 3. The van der Waals surface area contributed by atoms with Crippen LogP contribution in [-0.2, 0) is 0 Å². The molecule has 0 atom stereocenters. The lowest BCUT2D eigenvalue weighted by atomic mass is 9.86. The molecule has 2 aliphatic rings. The number of ether oxygens (including phenoxy) is 1. The Kier molecular flexibility index (Phi) is 2.41. The molecule has 0 unspecified atom stereocenters. The highest BCUT2D eigenvalue weighted by molar-refractivity contribution is 6.32. The second kappa shape index (κ2) is 3.71. The van der Waals surface area contributed by atoms with Crippen LogP contribution in [-0.4, -0.2) is 35.7 Å². The van der Waals surface area contributed by atoms with Crippen molar-refractivity contribution in [3.8, 4) is 6.01 Å². The van der Waals surface area contributed by atoms with Crippen molar-refractivity contribution in [2.45, 2.75) is 18.4 Å². The van der Waals surface area contributed by atoms with E-state index < -0.39 is 0 Å². The average Bonchev–Trinajstić information content (AvgIpc) is 3.10. The van der Waals surface area contributed by atoms with Gasteiger partial charge in [0, 0.05) is 13.1 Å². The maximum atomic E-state index is 6.30. The molecule has 0 aromatic carbocycles. The van der Waals surface area contributed by atoms with E-state index in [2.05, 4.69) is 14.9 Å². The SMILES string of the molecule is COc1ncc(Cl)c(N2CC(N)(C3CC3)C2)n1. The molecular formula is C11H15ClN4O. The molecule has 1 aromatic heterocycles. The average molecular weight is 255 g/mol. The molecule has 0 amide bonds. The molecule has 3 rings (SSSR count). The number of nitrogens with two attached hydrogens (primary N) is 1. The highest BCUT2D eigenvalue weighted by atomic mass is 35.5. The van der Waals surface area contributed by atoms with Crippen molar-refractivity contribution >= 4 is 17.4 Å². The first kappa shape index (κ1) is 11.0. The Balaban J connectivity index is 1.77. The van der Waals surface area contributed by atoms with E-state index in [1.165, 1.54) is 12.8 Å². The lowest BCUT2D eigenvalue weighted by Crippen LogP contribution is -2.69. The van der Waals surface area contributed by atoms with Crippen LogP contribution in [0.5, 0.6) is 6.01 Å². The van der Waals surface area contributed by atoms with Crippen LogP contribution >= 0.6 is 11.6 Å². The van der Waals surface area contributed by atoms with Crippen molar-refractivity contribution in [1.82, 2.24) is 9.97 Å². The van der Waals surface area contributed by atoms with Crippen LogP contribution in [0.3, 0.4) is 0 Å². The van der Waals surface area contributed by atoms with E-state index >= 15 is 0 Å².